The number of pyridine rings is 1. The van der Waals surface area contributed by atoms with Gasteiger partial charge >= 0.3 is 6.61 Å². The van der Waals surface area contributed by atoms with E-state index in [2.05, 4.69) is 14.7 Å². The van der Waals surface area contributed by atoms with Gasteiger partial charge in [-0.3, -0.25) is 4.79 Å². The number of carbonyl (C=O) groups excluding carboxylic acids is 1. The van der Waals surface area contributed by atoms with Crippen molar-refractivity contribution < 1.29 is 36.6 Å². The molecule has 2 aromatic rings. The summed E-state index contributed by atoms with van der Waals surface area (Å²) >= 11 is 0. The van der Waals surface area contributed by atoms with Gasteiger partial charge in [-0.2, -0.15) is 8.78 Å². The van der Waals surface area contributed by atoms with Crippen LogP contribution in [0.15, 0.2) is 41.5 Å². The van der Waals surface area contributed by atoms with Crippen molar-refractivity contribution in [1.29, 1.82) is 0 Å². The first-order chi connectivity index (χ1) is 15.8. The zero-order valence-corrected chi connectivity index (χ0v) is 17.3. The van der Waals surface area contributed by atoms with Gasteiger partial charge in [-0.15, -0.1) is 0 Å². The molecule has 3 heterocycles. The van der Waals surface area contributed by atoms with E-state index in [1.54, 1.807) is 0 Å². The third-order valence-corrected chi connectivity index (χ3v) is 5.80. The van der Waals surface area contributed by atoms with E-state index in [0.717, 1.165) is 12.3 Å². The molecule has 0 unspecified atom stereocenters. The van der Waals surface area contributed by atoms with Gasteiger partial charge in [0.2, 0.25) is 0 Å². The van der Waals surface area contributed by atoms with Crippen molar-refractivity contribution in [2.45, 2.75) is 31.1 Å². The molecule has 3 atom stereocenters. The van der Waals surface area contributed by atoms with Crippen LogP contribution in [0.1, 0.15) is 28.0 Å². The molecule has 2 N–H and O–H groups in total. The molecule has 4 rings (SSSR count). The monoisotopic (exact) mass is 467 g/mol. The van der Waals surface area contributed by atoms with E-state index in [4.69, 9.17) is 15.2 Å². The molecule has 0 bridgehead atoms. The van der Waals surface area contributed by atoms with Crippen LogP contribution in [0.2, 0.25) is 0 Å². The number of rotatable bonds is 7. The molecule has 1 aromatic carbocycles. The minimum atomic E-state index is -3.01. The number of Topliss-reactive ketones (excluding diaryl/α,β-unsaturated/α-hetero) is 1. The number of hydrogen-bond acceptors (Lipinski definition) is 7. The molecule has 1 fully saturated rings. The molecule has 1 saturated heterocycles. The van der Waals surface area contributed by atoms with Crippen LogP contribution in [0.4, 0.5) is 17.6 Å². The van der Waals surface area contributed by atoms with Gasteiger partial charge in [0.1, 0.15) is 35.6 Å². The summed E-state index contributed by atoms with van der Waals surface area (Å²) in [7, 11) is 0. The highest BCUT2D eigenvalue weighted by Crippen LogP contribution is 2.44. The van der Waals surface area contributed by atoms with Crippen LogP contribution in [0, 0.1) is 11.7 Å². The summed E-state index contributed by atoms with van der Waals surface area (Å²) in [4.78, 5) is 20.6. The fourth-order valence-electron chi connectivity index (χ4n) is 4.23. The summed E-state index contributed by atoms with van der Waals surface area (Å²) < 4.78 is 69.3. The Kier molecular flexibility index (Phi) is 6.50. The zero-order chi connectivity index (χ0) is 23.6. The van der Waals surface area contributed by atoms with E-state index in [9.17, 15) is 22.4 Å². The fraction of sp³-hybridized carbons (Fsp3) is 0.409. The lowest BCUT2D eigenvalue weighted by Gasteiger charge is -2.45. The van der Waals surface area contributed by atoms with Gasteiger partial charge in [0, 0.05) is 18.4 Å². The highest BCUT2D eigenvalue weighted by atomic mass is 19.3. The molecular formula is C22H21F4N3O4. The number of hydrogen-bond donors (Lipinski definition) is 1. The van der Waals surface area contributed by atoms with Gasteiger partial charge in [0.05, 0.1) is 25.3 Å². The van der Waals surface area contributed by atoms with Crippen LogP contribution < -0.4 is 10.5 Å². The van der Waals surface area contributed by atoms with Crippen LogP contribution in [-0.2, 0) is 21.4 Å². The predicted molar refractivity (Wildman–Crippen MR) is 108 cm³/mol. The average Bonchev–Trinajstić information content (AvgIpc) is 2.79. The largest absolute Gasteiger partial charge is 0.462 e. The molecule has 0 spiro atoms. The smallest absolute Gasteiger partial charge is 0.387 e. The number of aliphatic imine (C=N–C) groups is 1. The molecular weight excluding hydrogens is 446 g/mol. The molecule has 0 amide bonds. The maximum absolute atomic E-state index is 14.9. The van der Waals surface area contributed by atoms with Crippen molar-refractivity contribution in [2.24, 2.45) is 16.6 Å². The molecule has 0 radical (unpaired) electrons. The van der Waals surface area contributed by atoms with E-state index < -0.39 is 42.4 Å². The molecule has 7 nitrogen and oxygen atoms in total. The van der Waals surface area contributed by atoms with E-state index >= 15 is 0 Å². The summed E-state index contributed by atoms with van der Waals surface area (Å²) in [5, 5.41) is 0. The lowest BCUT2D eigenvalue weighted by molar-refractivity contribution is -0.0785. The van der Waals surface area contributed by atoms with Crippen LogP contribution in [0.25, 0.3) is 0 Å². The molecule has 2 aliphatic rings. The topological polar surface area (TPSA) is 96.0 Å². The minimum Gasteiger partial charge on any atom is -0.462 e. The summed E-state index contributed by atoms with van der Waals surface area (Å²) in [5.74, 6) is -1.93. The lowest BCUT2D eigenvalue weighted by Crippen LogP contribution is -2.54. The molecule has 0 saturated carbocycles. The first-order valence-electron chi connectivity index (χ1n) is 10.2. The first-order valence-corrected chi connectivity index (χ1v) is 10.2. The van der Waals surface area contributed by atoms with Gasteiger partial charge in [0.25, 0.3) is 6.02 Å². The van der Waals surface area contributed by atoms with E-state index in [0.29, 0.717) is 18.6 Å². The number of nitrogens with zero attached hydrogens (tertiary/aromatic N) is 2. The number of halogens is 4. The molecule has 11 heteroatoms. The number of ketones is 1. The number of fused-ring (bicyclic) bond motifs is 1. The van der Waals surface area contributed by atoms with Crippen molar-refractivity contribution in [2.75, 3.05) is 19.9 Å². The zero-order valence-electron chi connectivity index (χ0n) is 17.3. The van der Waals surface area contributed by atoms with Crippen LogP contribution in [-0.4, -0.2) is 49.4 Å². The molecule has 176 valence electrons. The second-order valence-electron chi connectivity index (χ2n) is 7.81. The van der Waals surface area contributed by atoms with Crippen molar-refractivity contribution in [3.05, 3.63) is 59.2 Å². The third kappa shape index (κ3) is 4.63. The standard InChI is InChI=1S/C22H21F4N3O4/c23-11-22(15-10-31-6-5-19(15)33-21(27)29-22)14-7-12(1-3-16(14)24)8-18(30)17-4-2-13(9-28-17)32-20(25)26/h1-4,7,9,15,19-20H,5-6,8,10-11H2,(H2,27,29)/t15-,19+,22+/m0/s1. The molecule has 1 aromatic heterocycles. The summed E-state index contributed by atoms with van der Waals surface area (Å²) in [5.41, 5.74) is 4.51. The number of amidine groups is 1. The Morgan fingerprint density at radius 3 is 2.82 bits per heavy atom. The highest BCUT2D eigenvalue weighted by Gasteiger charge is 2.51. The molecule has 2 aliphatic heterocycles. The summed E-state index contributed by atoms with van der Waals surface area (Å²) in [6, 6.07) is 6.14. The van der Waals surface area contributed by atoms with Gasteiger partial charge in [-0.1, -0.05) is 6.07 Å². The van der Waals surface area contributed by atoms with Gasteiger partial charge in [-0.25, -0.2) is 18.8 Å². The third-order valence-electron chi connectivity index (χ3n) is 5.80. The van der Waals surface area contributed by atoms with E-state index in [-0.39, 0.29) is 36.1 Å². The Bertz CT molecular complexity index is 1050. The van der Waals surface area contributed by atoms with Gasteiger partial charge in [0.15, 0.2) is 5.78 Å². The van der Waals surface area contributed by atoms with Crippen molar-refractivity contribution in [3.8, 4) is 5.75 Å². The van der Waals surface area contributed by atoms with E-state index in [1.165, 1.54) is 24.3 Å². The Morgan fingerprint density at radius 1 is 1.30 bits per heavy atom. The number of alkyl halides is 3. The lowest BCUT2D eigenvalue weighted by atomic mass is 9.74. The average molecular weight is 467 g/mol. The van der Waals surface area contributed by atoms with Crippen LogP contribution in [0.5, 0.6) is 5.75 Å². The SMILES string of the molecule is NC1=N[C@](CF)(c2cc(CC(=O)c3ccc(OC(F)F)cn3)ccc2F)[C@H]2COCC[C@H]2O1. The number of ether oxygens (including phenoxy) is 3. The highest BCUT2D eigenvalue weighted by molar-refractivity contribution is 5.95. The minimum absolute atomic E-state index is 0.0109. The van der Waals surface area contributed by atoms with E-state index in [1.807, 2.05) is 0 Å². The molecule has 33 heavy (non-hydrogen) atoms. The van der Waals surface area contributed by atoms with Gasteiger partial charge < -0.3 is 19.9 Å². The maximum atomic E-state index is 14.9. The van der Waals surface area contributed by atoms with Crippen LogP contribution in [0.3, 0.4) is 0 Å². The van der Waals surface area contributed by atoms with Crippen LogP contribution >= 0.6 is 0 Å². The fourth-order valence-corrected chi connectivity index (χ4v) is 4.23. The second-order valence-corrected chi connectivity index (χ2v) is 7.81. The Hall–Kier alpha value is -3.21. The number of benzene rings is 1. The van der Waals surface area contributed by atoms with Crippen molar-refractivity contribution in [1.82, 2.24) is 4.98 Å². The number of carbonyl (C=O) groups is 1. The van der Waals surface area contributed by atoms with Crippen molar-refractivity contribution in [3.63, 3.8) is 0 Å². The number of aromatic nitrogens is 1. The maximum Gasteiger partial charge on any atom is 0.387 e. The Labute approximate surface area is 186 Å². The van der Waals surface area contributed by atoms with Crippen molar-refractivity contribution >= 4 is 11.8 Å². The molecule has 0 aliphatic carbocycles. The normalized spacial score (nSPS) is 24.6. The Balaban J connectivity index is 1.62. The van der Waals surface area contributed by atoms with Gasteiger partial charge in [-0.05, 0) is 29.8 Å². The summed E-state index contributed by atoms with van der Waals surface area (Å²) in [6.07, 6.45) is 0.808. The number of nitrogens with two attached hydrogens (primary N) is 1. The summed E-state index contributed by atoms with van der Waals surface area (Å²) in [6.45, 7) is -3.53. The Morgan fingerprint density at radius 2 is 2.12 bits per heavy atom. The quantitative estimate of drug-likeness (QED) is 0.497. The predicted octanol–water partition coefficient (Wildman–Crippen LogP) is 3.16. The first kappa shape index (κ1) is 23.0. The second kappa shape index (κ2) is 9.34.